The van der Waals surface area contributed by atoms with Gasteiger partial charge in [-0.3, -0.25) is 0 Å². The van der Waals surface area contributed by atoms with Crippen molar-refractivity contribution in [3.63, 3.8) is 0 Å². The van der Waals surface area contributed by atoms with Gasteiger partial charge < -0.3 is 0 Å². The Kier molecular flexibility index (Phi) is 3.98. The van der Waals surface area contributed by atoms with Gasteiger partial charge in [0.2, 0.25) is 4.77 Å². The van der Waals surface area contributed by atoms with E-state index < -0.39 is 0 Å². The Morgan fingerprint density at radius 1 is 1.00 bits per heavy atom. The number of nitrogens with one attached hydrogen (secondary N) is 1. The second kappa shape index (κ2) is 6.07. The van der Waals surface area contributed by atoms with E-state index in [1.165, 1.54) is 11.1 Å². The van der Waals surface area contributed by atoms with E-state index in [2.05, 4.69) is 41.3 Å². The normalized spacial score (nSPS) is 11.2. The minimum Gasteiger partial charge on any atom is -0.250 e. The number of aromatic nitrogens is 3. The zero-order valence-electron chi connectivity index (χ0n) is 12.4. The predicted octanol–water partition coefficient (Wildman–Crippen LogP) is 4.11. The third-order valence-electron chi connectivity index (χ3n) is 3.36. The van der Waals surface area contributed by atoms with Crippen LogP contribution in [0.4, 0.5) is 0 Å². The van der Waals surface area contributed by atoms with Gasteiger partial charge in [-0.2, -0.15) is 14.9 Å². The van der Waals surface area contributed by atoms with Crippen LogP contribution in [0.15, 0.2) is 53.6 Å². The van der Waals surface area contributed by atoms with Gasteiger partial charge in [0.1, 0.15) is 0 Å². The van der Waals surface area contributed by atoms with Crippen molar-refractivity contribution in [3.8, 4) is 11.4 Å². The Hall–Kier alpha value is -2.53. The number of aromatic amines is 1. The smallest absolute Gasteiger partial charge is 0.216 e. The van der Waals surface area contributed by atoms with Crippen molar-refractivity contribution < 1.29 is 0 Å². The molecular formula is C17H16N4S. The molecule has 22 heavy (non-hydrogen) atoms. The Morgan fingerprint density at radius 3 is 2.23 bits per heavy atom. The van der Waals surface area contributed by atoms with E-state index in [1.54, 1.807) is 10.9 Å². The average molecular weight is 308 g/mol. The molecule has 3 aromatic rings. The maximum Gasteiger partial charge on any atom is 0.216 e. The summed E-state index contributed by atoms with van der Waals surface area (Å²) in [4.78, 5) is 0. The Balaban J connectivity index is 1.97. The van der Waals surface area contributed by atoms with Crippen LogP contribution in [0.3, 0.4) is 0 Å². The third-order valence-corrected chi connectivity index (χ3v) is 3.62. The first kappa shape index (κ1) is 14.4. The Bertz CT molecular complexity index is 855. The maximum absolute atomic E-state index is 5.27. The van der Waals surface area contributed by atoms with Crippen LogP contribution < -0.4 is 0 Å². The molecule has 2 aromatic carbocycles. The fraction of sp³-hybridized carbons (Fsp3) is 0.118. The van der Waals surface area contributed by atoms with Crippen LogP contribution in [0.25, 0.3) is 11.4 Å². The summed E-state index contributed by atoms with van der Waals surface area (Å²) in [6.45, 7) is 4.11. The topological polar surface area (TPSA) is 46.0 Å². The van der Waals surface area contributed by atoms with E-state index in [0.29, 0.717) is 10.6 Å². The van der Waals surface area contributed by atoms with Crippen LogP contribution in [0.2, 0.25) is 0 Å². The lowest BCUT2D eigenvalue weighted by molar-refractivity contribution is 0.871. The van der Waals surface area contributed by atoms with Crippen LogP contribution in [0, 0.1) is 18.6 Å². The minimum absolute atomic E-state index is 0.471. The van der Waals surface area contributed by atoms with Gasteiger partial charge in [0.15, 0.2) is 5.82 Å². The maximum atomic E-state index is 5.27. The lowest BCUT2D eigenvalue weighted by Gasteiger charge is -2.01. The zero-order valence-corrected chi connectivity index (χ0v) is 13.3. The molecule has 0 atom stereocenters. The summed E-state index contributed by atoms with van der Waals surface area (Å²) in [5.74, 6) is 0.702. The SMILES string of the molecule is Cc1ccc(C=Nn2c(-c3ccc(C)cc3)n[nH]c2=S)cc1. The van der Waals surface area contributed by atoms with E-state index in [9.17, 15) is 0 Å². The zero-order chi connectivity index (χ0) is 15.5. The number of hydrogen-bond acceptors (Lipinski definition) is 3. The number of hydrogen-bond donors (Lipinski definition) is 1. The molecule has 0 aliphatic rings. The van der Waals surface area contributed by atoms with E-state index in [0.717, 1.165) is 11.1 Å². The van der Waals surface area contributed by atoms with Gasteiger partial charge in [-0.25, -0.2) is 5.10 Å². The van der Waals surface area contributed by atoms with Crippen molar-refractivity contribution >= 4 is 18.4 Å². The van der Waals surface area contributed by atoms with Gasteiger partial charge in [-0.05, 0) is 31.6 Å². The molecule has 0 saturated carbocycles. The summed E-state index contributed by atoms with van der Waals surface area (Å²) in [5, 5.41) is 11.5. The lowest BCUT2D eigenvalue weighted by atomic mass is 10.1. The van der Waals surface area contributed by atoms with Gasteiger partial charge in [-0.1, -0.05) is 59.7 Å². The highest BCUT2D eigenvalue weighted by atomic mass is 32.1. The molecule has 0 unspecified atom stereocenters. The molecule has 0 aliphatic heterocycles. The standard InChI is InChI=1S/C17H16N4S/c1-12-3-7-14(8-4-12)11-18-21-16(19-20-17(21)22)15-9-5-13(2)6-10-15/h3-11H,1-2H3,(H,20,22). The summed E-state index contributed by atoms with van der Waals surface area (Å²) in [6, 6.07) is 16.3. The molecule has 3 rings (SSSR count). The van der Waals surface area contributed by atoms with E-state index in [-0.39, 0.29) is 0 Å². The second-order valence-electron chi connectivity index (χ2n) is 5.19. The van der Waals surface area contributed by atoms with Gasteiger partial charge in [0.05, 0.1) is 6.21 Å². The molecule has 0 bridgehead atoms. The van der Waals surface area contributed by atoms with Crippen molar-refractivity contribution in [3.05, 3.63) is 70.0 Å². The molecule has 0 aliphatic carbocycles. The quantitative estimate of drug-likeness (QED) is 0.584. The molecule has 4 nitrogen and oxygen atoms in total. The Morgan fingerprint density at radius 2 is 1.59 bits per heavy atom. The fourth-order valence-electron chi connectivity index (χ4n) is 2.07. The Labute approximate surface area is 134 Å². The molecule has 0 saturated heterocycles. The molecule has 0 amide bonds. The molecule has 5 heteroatoms. The van der Waals surface area contributed by atoms with Gasteiger partial charge in [0.25, 0.3) is 0 Å². The summed E-state index contributed by atoms with van der Waals surface area (Å²) in [7, 11) is 0. The van der Waals surface area contributed by atoms with Crippen molar-refractivity contribution in [2.45, 2.75) is 13.8 Å². The highest BCUT2D eigenvalue weighted by molar-refractivity contribution is 7.71. The highest BCUT2D eigenvalue weighted by Gasteiger charge is 2.07. The van der Waals surface area contributed by atoms with Gasteiger partial charge in [0, 0.05) is 5.56 Å². The van der Waals surface area contributed by atoms with E-state index in [1.807, 2.05) is 36.4 Å². The fourth-order valence-corrected chi connectivity index (χ4v) is 2.24. The molecule has 110 valence electrons. The summed E-state index contributed by atoms with van der Waals surface area (Å²) >= 11 is 5.27. The average Bonchev–Trinajstić information content (AvgIpc) is 2.89. The highest BCUT2D eigenvalue weighted by Crippen LogP contribution is 2.17. The summed E-state index contributed by atoms with van der Waals surface area (Å²) in [6.07, 6.45) is 1.78. The first-order valence-corrected chi connectivity index (χ1v) is 7.40. The number of rotatable bonds is 3. The van der Waals surface area contributed by atoms with Crippen molar-refractivity contribution in [2.75, 3.05) is 0 Å². The first-order chi connectivity index (χ1) is 10.6. The summed E-state index contributed by atoms with van der Waals surface area (Å²) < 4.78 is 2.11. The minimum atomic E-state index is 0.471. The first-order valence-electron chi connectivity index (χ1n) is 6.99. The molecule has 0 fully saturated rings. The monoisotopic (exact) mass is 308 g/mol. The predicted molar refractivity (Wildman–Crippen MR) is 91.8 cm³/mol. The number of aryl methyl sites for hydroxylation is 2. The van der Waals surface area contributed by atoms with Crippen molar-refractivity contribution in [1.82, 2.24) is 14.9 Å². The molecule has 0 radical (unpaired) electrons. The van der Waals surface area contributed by atoms with Crippen LogP contribution in [0.5, 0.6) is 0 Å². The van der Waals surface area contributed by atoms with Crippen molar-refractivity contribution in [2.24, 2.45) is 5.10 Å². The van der Waals surface area contributed by atoms with Gasteiger partial charge >= 0.3 is 0 Å². The number of benzene rings is 2. The molecule has 1 aromatic heterocycles. The van der Waals surface area contributed by atoms with Crippen LogP contribution >= 0.6 is 12.2 Å². The van der Waals surface area contributed by atoms with Crippen molar-refractivity contribution in [1.29, 1.82) is 0 Å². The van der Waals surface area contributed by atoms with E-state index >= 15 is 0 Å². The number of nitrogens with zero attached hydrogens (tertiary/aromatic N) is 3. The number of H-pyrrole nitrogens is 1. The molecular weight excluding hydrogens is 292 g/mol. The van der Waals surface area contributed by atoms with Crippen LogP contribution in [-0.4, -0.2) is 21.1 Å². The lowest BCUT2D eigenvalue weighted by Crippen LogP contribution is -1.95. The third kappa shape index (κ3) is 3.04. The molecule has 1 heterocycles. The van der Waals surface area contributed by atoms with Crippen LogP contribution in [0.1, 0.15) is 16.7 Å². The largest absolute Gasteiger partial charge is 0.250 e. The van der Waals surface area contributed by atoms with E-state index in [4.69, 9.17) is 12.2 Å². The molecule has 0 spiro atoms. The van der Waals surface area contributed by atoms with Gasteiger partial charge in [-0.15, -0.1) is 0 Å². The molecule has 1 N–H and O–H groups in total. The summed E-state index contributed by atoms with van der Waals surface area (Å²) in [5.41, 5.74) is 4.41. The van der Waals surface area contributed by atoms with Crippen LogP contribution in [-0.2, 0) is 0 Å². The second-order valence-corrected chi connectivity index (χ2v) is 5.57.